The average Bonchev–Trinajstić information content (AvgIpc) is 2.52. The van der Waals surface area contributed by atoms with Crippen LogP contribution in [0.25, 0.3) is 0 Å². The van der Waals surface area contributed by atoms with Crippen molar-refractivity contribution in [1.29, 1.82) is 0 Å². The molecule has 0 aromatic heterocycles. The van der Waals surface area contributed by atoms with E-state index in [1.165, 1.54) is 19.2 Å². The van der Waals surface area contributed by atoms with E-state index in [0.717, 1.165) is 16.1 Å². The largest absolute Gasteiger partial charge is 0.348 e. The highest BCUT2D eigenvalue weighted by Crippen LogP contribution is 2.16. The molecule has 2 rings (SSSR count). The molecule has 23 heavy (non-hydrogen) atoms. The first-order valence-corrected chi connectivity index (χ1v) is 8.69. The monoisotopic (exact) mass is 336 g/mol. The van der Waals surface area contributed by atoms with E-state index in [9.17, 15) is 17.6 Å². The van der Waals surface area contributed by atoms with E-state index in [0.29, 0.717) is 11.3 Å². The van der Waals surface area contributed by atoms with Gasteiger partial charge in [0.25, 0.3) is 5.91 Å². The topological polar surface area (TPSA) is 66.5 Å². The van der Waals surface area contributed by atoms with Crippen LogP contribution in [0.1, 0.15) is 15.9 Å². The molecule has 0 unspecified atom stereocenters. The Bertz CT molecular complexity index is 787. The van der Waals surface area contributed by atoms with Crippen LogP contribution in [0.15, 0.2) is 48.5 Å². The molecule has 7 heteroatoms. The van der Waals surface area contributed by atoms with Crippen molar-refractivity contribution < 1.29 is 17.6 Å². The fraction of sp³-hybridized carbons (Fsp3) is 0.188. The molecule has 0 aliphatic carbocycles. The number of hydrogen-bond acceptors (Lipinski definition) is 3. The van der Waals surface area contributed by atoms with Crippen LogP contribution in [0.2, 0.25) is 0 Å². The first-order valence-electron chi connectivity index (χ1n) is 6.84. The van der Waals surface area contributed by atoms with Gasteiger partial charge in [-0.05, 0) is 42.0 Å². The number of amides is 1. The molecular weight excluding hydrogens is 319 g/mol. The second-order valence-corrected chi connectivity index (χ2v) is 7.10. The van der Waals surface area contributed by atoms with Crippen LogP contribution >= 0.6 is 0 Å². The van der Waals surface area contributed by atoms with Crippen molar-refractivity contribution in [2.45, 2.75) is 6.54 Å². The van der Waals surface area contributed by atoms with Crippen LogP contribution in [0, 0.1) is 5.82 Å². The number of nitrogens with zero attached hydrogens (tertiary/aromatic N) is 1. The van der Waals surface area contributed by atoms with Gasteiger partial charge in [-0.2, -0.15) is 0 Å². The van der Waals surface area contributed by atoms with Gasteiger partial charge >= 0.3 is 0 Å². The fourth-order valence-corrected chi connectivity index (χ4v) is 2.41. The molecule has 1 amide bonds. The van der Waals surface area contributed by atoms with Crippen LogP contribution in [0.4, 0.5) is 10.1 Å². The van der Waals surface area contributed by atoms with Gasteiger partial charge in [0.1, 0.15) is 5.82 Å². The van der Waals surface area contributed by atoms with E-state index >= 15 is 0 Å². The molecule has 2 aromatic rings. The molecule has 122 valence electrons. The molecule has 0 saturated carbocycles. The summed E-state index contributed by atoms with van der Waals surface area (Å²) in [7, 11) is -1.89. The number of anilines is 1. The second kappa shape index (κ2) is 6.78. The Hall–Kier alpha value is -2.41. The molecular formula is C16H17FN2O3S. The molecule has 0 radical (unpaired) electrons. The first-order chi connectivity index (χ1) is 10.8. The van der Waals surface area contributed by atoms with Crippen molar-refractivity contribution in [3.8, 4) is 0 Å². The summed E-state index contributed by atoms with van der Waals surface area (Å²) in [6.07, 6.45) is 1.11. The first kappa shape index (κ1) is 17.0. The highest BCUT2D eigenvalue weighted by molar-refractivity contribution is 7.92. The SMILES string of the molecule is CN(c1ccc(C(=O)NCc2ccc(F)cc2)cc1)S(C)(=O)=O. The number of halogens is 1. The van der Waals surface area contributed by atoms with Gasteiger partial charge in [0.05, 0.1) is 11.9 Å². The zero-order chi connectivity index (χ0) is 17.0. The van der Waals surface area contributed by atoms with E-state index in [4.69, 9.17) is 0 Å². The third-order valence-electron chi connectivity index (χ3n) is 3.36. The van der Waals surface area contributed by atoms with Crippen LogP contribution in [-0.2, 0) is 16.6 Å². The summed E-state index contributed by atoms with van der Waals surface area (Å²) in [5.74, 6) is -0.617. The molecule has 0 fully saturated rings. The second-order valence-electron chi connectivity index (χ2n) is 5.09. The number of rotatable bonds is 5. The van der Waals surface area contributed by atoms with E-state index in [1.807, 2.05) is 0 Å². The normalized spacial score (nSPS) is 11.1. The number of benzene rings is 2. The molecule has 0 spiro atoms. The van der Waals surface area contributed by atoms with E-state index < -0.39 is 10.0 Å². The summed E-state index contributed by atoms with van der Waals surface area (Å²) in [5.41, 5.74) is 1.67. The summed E-state index contributed by atoms with van der Waals surface area (Å²) in [5, 5.41) is 2.72. The highest BCUT2D eigenvalue weighted by atomic mass is 32.2. The average molecular weight is 336 g/mol. The lowest BCUT2D eigenvalue weighted by Gasteiger charge is -2.16. The maximum absolute atomic E-state index is 12.8. The molecule has 5 nitrogen and oxygen atoms in total. The molecule has 0 saturated heterocycles. The number of nitrogens with one attached hydrogen (secondary N) is 1. The van der Waals surface area contributed by atoms with Gasteiger partial charge in [0, 0.05) is 19.2 Å². The molecule has 0 aliphatic heterocycles. The Morgan fingerprint density at radius 3 is 2.17 bits per heavy atom. The van der Waals surface area contributed by atoms with Crippen LogP contribution in [0.3, 0.4) is 0 Å². The summed E-state index contributed by atoms with van der Waals surface area (Å²) < 4.78 is 36.8. The number of hydrogen-bond donors (Lipinski definition) is 1. The summed E-state index contributed by atoms with van der Waals surface area (Å²) in [6.45, 7) is 0.282. The van der Waals surface area contributed by atoms with Crippen molar-refractivity contribution in [3.63, 3.8) is 0 Å². The van der Waals surface area contributed by atoms with Crippen molar-refractivity contribution in [2.75, 3.05) is 17.6 Å². The van der Waals surface area contributed by atoms with E-state index in [1.54, 1.807) is 36.4 Å². The minimum Gasteiger partial charge on any atom is -0.348 e. The summed E-state index contributed by atoms with van der Waals surface area (Å²) >= 11 is 0. The van der Waals surface area contributed by atoms with Gasteiger partial charge in [0.15, 0.2) is 0 Å². The number of carbonyl (C=O) groups is 1. The zero-order valence-corrected chi connectivity index (χ0v) is 13.6. The van der Waals surface area contributed by atoms with Gasteiger partial charge in [-0.25, -0.2) is 12.8 Å². The number of sulfonamides is 1. The zero-order valence-electron chi connectivity index (χ0n) is 12.8. The third-order valence-corrected chi connectivity index (χ3v) is 4.56. The van der Waals surface area contributed by atoms with Crippen LogP contribution in [0.5, 0.6) is 0 Å². The minimum absolute atomic E-state index is 0.282. The highest BCUT2D eigenvalue weighted by Gasteiger charge is 2.12. The molecule has 2 aromatic carbocycles. The van der Waals surface area contributed by atoms with Gasteiger partial charge in [0.2, 0.25) is 10.0 Å². The Labute approximate surface area is 134 Å². The maximum Gasteiger partial charge on any atom is 0.251 e. The van der Waals surface area contributed by atoms with Crippen LogP contribution < -0.4 is 9.62 Å². The molecule has 0 atom stereocenters. The van der Waals surface area contributed by atoms with Crippen molar-refractivity contribution in [3.05, 3.63) is 65.5 Å². The molecule has 0 aliphatic rings. The fourth-order valence-electron chi connectivity index (χ4n) is 1.90. The quantitative estimate of drug-likeness (QED) is 0.910. The Morgan fingerprint density at radius 2 is 1.65 bits per heavy atom. The Kier molecular flexibility index (Phi) is 5.00. The molecule has 0 bridgehead atoms. The van der Waals surface area contributed by atoms with E-state index in [2.05, 4.69) is 5.32 Å². The Morgan fingerprint density at radius 1 is 1.09 bits per heavy atom. The minimum atomic E-state index is -3.34. The van der Waals surface area contributed by atoms with Crippen LogP contribution in [-0.4, -0.2) is 27.6 Å². The van der Waals surface area contributed by atoms with Gasteiger partial charge in [-0.1, -0.05) is 12.1 Å². The summed E-state index contributed by atoms with van der Waals surface area (Å²) in [6, 6.07) is 12.1. The van der Waals surface area contributed by atoms with Crippen molar-refractivity contribution in [1.82, 2.24) is 5.32 Å². The predicted octanol–water partition coefficient (Wildman–Crippen LogP) is 2.15. The molecule has 1 N–H and O–H groups in total. The standard InChI is InChI=1S/C16H17FN2O3S/c1-19(23(2,21)22)15-9-5-13(6-10-15)16(20)18-11-12-3-7-14(17)8-4-12/h3-10H,11H2,1-2H3,(H,18,20). The maximum atomic E-state index is 12.8. The summed E-state index contributed by atoms with van der Waals surface area (Å²) in [4.78, 5) is 12.0. The van der Waals surface area contributed by atoms with Gasteiger partial charge < -0.3 is 5.32 Å². The van der Waals surface area contributed by atoms with Crippen molar-refractivity contribution in [2.24, 2.45) is 0 Å². The predicted molar refractivity (Wildman–Crippen MR) is 87.3 cm³/mol. The van der Waals surface area contributed by atoms with Gasteiger partial charge in [-0.15, -0.1) is 0 Å². The van der Waals surface area contributed by atoms with Crippen molar-refractivity contribution >= 4 is 21.6 Å². The smallest absolute Gasteiger partial charge is 0.251 e. The third kappa shape index (κ3) is 4.53. The number of carbonyl (C=O) groups excluding carboxylic acids is 1. The van der Waals surface area contributed by atoms with Gasteiger partial charge in [-0.3, -0.25) is 9.10 Å². The van der Waals surface area contributed by atoms with E-state index in [-0.39, 0.29) is 18.3 Å². The lowest BCUT2D eigenvalue weighted by Crippen LogP contribution is -2.25. The lowest BCUT2D eigenvalue weighted by atomic mass is 10.1. The Balaban J connectivity index is 2.01. The molecule has 0 heterocycles. The lowest BCUT2D eigenvalue weighted by molar-refractivity contribution is 0.0951.